The molecular formula is C19H15LiN2O2S. The van der Waals surface area contributed by atoms with Gasteiger partial charge in [0.15, 0.2) is 0 Å². The molecule has 0 aliphatic rings. The van der Waals surface area contributed by atoms with E-state index < -0.39 is 5.97 Å². The molecule has 1 N–H and O–H groups in total. The first-order valence-corrected chi connectivity index (χ1v) is 8.46. The van der Waals surface area contributed by atoms with E-state index in [1.54, 1.807) is 17.7 Å². The van der Waals surface area contributed by atoms with Crippen molar-refractivity contribution in [2.75, 3.05) is 0 Å². The normalized spacial score (nSPS) is 10.6. The zero-order valence-electron chi connectivity index (χ0n) is 14.7. The van der Waals surface area contributed by atoms with Gasteiger partial charge in [0, 0.05) is 5.69 Å². The molecule has 0 aliphatic heterocycles. The third-order valence-electron chi connectivity index (χ3n) is 3.97. The Balaban J connectivity index is 0.00000121. The van der Waals surface area contributed by atoms with Crippen molar-refractivity contribution in [3.8, 4) is 16.8 Å². The molecular weight excluding hydrogens is 327 g/mol. The summed E-state index contributed by atoms with van der Waals surface area (Å²) in [5.74, 6) is -0.822. The van der Waals surface area contributed by atoms with E-state index in [9.17, 15) is 4.79 Å². The summed E-state index contributed by atoms with van der Waals surface area (Å²) >= 11 is 1.68. The molecule has 4 aromatic rings. The maximum atomic E-state index is 10.8. The summed E-state index contributed by atoms with van der Waals surface area (Å²) in [4.78, 5) is 15.3. The van der Waals surface area contributed by atoms with Crippen molar-refractivity contribution in [1.82, 2.24) is 9.55 Å². The van der Waals surface area contributed by atoms with Crippen molar-refractivity contribution < 1.29 is 30.2 Å². The molecule has 0 amide bonds. The first-order chi connectivity index (χ1) is 11.7. The van der Waals surface area contributed by atoms with Gasteiger partial charge in [-0.05, 0) is 57.8 Å². The van der Waals surface area contributed by atoms with Gasteiger partial charge in [0.25, 0.3) is 0 Å². The van der Waals surface area contributed by atoms with E-state index in [0.29, 0.717) is 0 Å². The molecule has 0 saturated heterocycles. The maximum absolute atomic E-state index is 10.8. The zero-order valence-corrected chi connectivity index (χ0v) is 14.5. The molecule has 120 valence electrons. The fourth-order valence-corrected chi connectivity index (χ4v) is 3.44. The molecule has 6 heteroatoms. The van der Waals surface area contributed by atoms with Gasteiger partial charge in [0.05, 0.1) is 17.5 Å². The average molecular weight is 342 g/mol. The number of carboxylic acid groups (broad SMARTS) is 1. The largest absolute Gasteiger partial charge is 1.00 e. The molecule has 4 rings (SSSR count). The van der Waals surface area contributed by atoms with Crippen LogP contribution in [0.4, 0.5) is 0 Å². The Hall–Kier alpha value is -2.32. The SMILES string of the molecule is O=C(O)Cc1ccc(-n2cnc3cc(-c4ccsc4)ccc32)cc1.[H-].[Li+]. The van der Waals surface area contributed by atoms with Crippen LogP contribution in [0.15, 0.2) is 65.6 Å². The van der Waals surface area contributed by atoms with Gasteiger partial charge in [-0.15, -0.1) is 0 Å². The molecule has 2 heterocycles. The number of imidazole rings is 1. The minimum atomic E-state index is -0.822. The van der Waals surface area contributed by atoms with Crippen LogP contribution >= 0.6 is 11.3 Å². The van der Waals surface area contributed by atoms with Crippen LogP contribution in [0.25, 0.3) is 27.8 Å². The smallest absolute Gasteiger partial charge is 1.00 e. The number of aliphatic carboxylic acids is 1. The van der Waals surface area contributed by atoms with Crippen molar-refractivity contribution >= 4 is 28.3 Å². The number of hydrogen-bond donors (Lipinski definition) is 1. The molecule has 0 fully saturated rings. The van der Waals surface area contributed by atoms with Crippen molar-refractivity contribution in [1.29, 1.82) is 0 Å². The Morgan fingerprint density at radius 3 is 2.60 bits per heavy atom. The van der Waals surface area contributed by atoms with Crippen molar-refractivity contribution in [2.45, 2.75) is 6.42 Å². The average Bonchev–Trinajstić information content (AvgIpc) is 3.24. The number of thiophene rings is 1. The summed E-state index contributed by atoms with van der Waals surface area (Å²) in [6, 6.07) is 15.9. The third-order valence-corrected chi connectivity index (χ3v) is 4.65. The second-order valence-corrected chi connectivity index (χ2v) is 6.35. The summed E-state index contributed by atoms with van der Waals surface area (Å²) in [5.41, 5.74) is 6.08. The van der Waals surface area contributed by atoms with Crippen LogP contribution < -0.4 is 18.9 Å². The maximum Gasteiger partial charge on any atom is 1.00 e. The van der Waals surface area contributed by atoms with E-state index in [-0.39, 0.29) is 26.7 Å². The van der Waals surface area contributed by atoms with E-state index in [1.807, 2.05) is 28.8 Å². The second kappa shape index (κ2) is 7.28. The van der Waals surface area contributed by atoms with Gasteiger partial charge in [-0.25, -0.2) is 4.98 Å². The molecule has 0 aliphatic carbocycles. The summed E-state index contributed by atoms with van der Waals surface area (Å²) in [6.45, 7) is 0. The first kappa shape index (κ1) is 17.5. The Bertz CT molecular complexity index is 1010. The Morgan fingerprint density at radius 1 is 1.12 bits per heavy atom. The third kappa shape index (κ3) is 3.54. The monoisotopic (exact) mass is 342 g/mol. The van der Waals surface area contributed by atoms with Gasteiger partial charge >= 0.3 is 24.8 Å². The fourth-order valence-electron chi connectivity index (χ4n) is 2.78. The van der Waals surface area contributed by atoms with E-state index in [0.717, 1.165) is 27.8 Å². The van der Waals surface area contributed by atoms with Gasteiger partial charge in [0.2, 0.25) is 0 Å². The number of carboxylic acids is 1. The summed E-state index contributed by atoms with van der Waals surface area (Å²) in [7, 11) is 0. The molecule has 0 unspecified atom stereocenters. The number of nitrogens with zero attached hydrogens (tertiary/aromatic N) is 2. The van der Waals surface area contributed by atoms with Crippen molar-refractivity contribution in [3.05, 3.63) is 71.2 Å². The number of hydrogen-bond acceptors (Lipinski definition) is 3. The number of benzene rings is 2. The standard InChI is InChI=1S/C19H14N2O2S.Li.H/c22-19(23)9-13-1-4-16(5-2-13)21-12-20-17-10-14(3-6-18(17)21)15-7-8-24-11-15;;/h1-8,10-12H,9H2,(H,22,23);;/q;+1;-1. The molecule has 2 aromatic carbocycles. The van der Waals surface area contributed by atoms with Gasteiger partial charge < -0.3 is 6.53 Å². The molecule has 25 heavy (non-hydrogen) atoms. The Kier molecular flexibility index (Phi) is 5.10. The van der Waals surface area contributed by atoms with Crippen LogP contribution in [0.2, 0.25) is 0 Å². The molecule has 0 spiro atoms. The summed E-state index contributed by atoms with van der Waals surface area (Å²) < 4.78 is 2.01. The van der Waals surface area contributed by atoms with Gasteiger partial charge in [-0.2, -0.15) is 11.3 Å². The van der Waals surface area contributed by atoms with E-state index >= 15 is 0 Å². The molecule has 0 saturated carbocycles. The first-order valence-electron chi connectivity index (χ1n) is 7.51. The van der Waals surface area contributed by atoms with Crippen LogP contribution in [0.1, 0.15) is 6.99 Å². The van der Waals surface area contributed by atoms with E-state index in [2.05, 4.69) is 40.0 Å². The van der Waals surface area contributed by atoms with Crippen LogP contribution in [0, 0.1) is 0 Å². The van der Waals surface area contributed by atoms with E-state index in [1.165, 1.54) is 5.56 Å². The summed E-state index contributed by atoms with van der Waals surface area (Å²) in [5, 5.41) is 13.0. The number of fused-ring (bicyclic) bond motifs is 1. The molecule has 2 aromatic heterocycles. The van der Waals surface area contributed by atoms with Crippen LogP contribution in [0.5, 0.6) is 0 Å². The minimum absolute atomic E-state index is 0. The molecule has 0 radical (unpaired) electrons. The summed E-state index contributed by atoms with van der Waals surface area (Å²) in [6.07, 6.45) is 1.84. The van der Waals surface area contributed by atoms with Crippen molar-refractivity contribution in [2.24, 2.45) is 0 Å². The molecule has 4 nitrogen and oxygen atoms in total. The number of rotatable bonds is 4. The van der Waals surface area contributed by atoms with Gasteiger partial charge in [0.1, 0.15) is 6.33 Å². The second-order valence-electron chi connectivity index (χ2n) is 5.57. The molecule has 0 bridgehead atoms. The topological polar surface area (TPSA) is 55.1 Å². The Labute approximate surface area is 162 Å². The van der Waals surface area contributed by atoms with Gasteiger partial charge in [-0.3, -0.25) is 9.36 Å². The zero-order chi connectivity index (χ0) is 16.5. The predicted octanol–water partition coefficient (Wildman–Crippen LogP) is 1.50. The van der Waals surface area contributed by atoms with E-state index in [4.69, 9.17) is 5.11 Å². The predicted molar refractivity (Wildman–Crippen MR) is 96.8 cm³/mol. The Morgan fingerprint density at radius 2 is 1.92 bits per heavy atom. The van der Waals surface area contributed by atoms with Crippen molar-refractivity contribution in [3.63, 3.8) is 0 Å². The number of aromatic nitrogens is 2. The van der Waals surface area contributed by atoms with Gasteiger partial charge in [-0.1, -0.05) is 18.2 Å². The number of carbonyl (C=O) groups is 1. The quantitative estimate of drug-likeness (QED) is 0.572. The fraction of sp³-hybridized carbons (Fsp3) is 0.0526. The van der Waals surface area contributed by atoms with Crippen LogP contribution in [0.3, 0.4) is 0 Å². The molecule has 0 atom stereocenters. The van der Waals surface area contributed by atoms with Crippen LogP contribution in [-0.4, -0.2) is 20.6 Å². The minimum Gasteiger partial charge on any atom is -1.00 e. The van der Waals surface area contributed by atoms with Crippen LogP contribution in [-0.2, 0) is 11.2 Å².